The molecule has 0 aromatic heterocycles. The summed E-state index contributed by atoms with van der Waals surface area (Å²) in [6.07, 6.45) is 0.342. The van der Waals surface area contributed by atoms with Gasteiger partial charge in [0.15, 0.2) is 0 Å². The molecule has 22 heavy (non-hydrogen) atoms. The van der Waals surface area contributed by atoms with Gasteiger partial charge in [-0.1, -0.05) is 35.9 Å². The van der Waals surface area contributed by atoms with Gasteiger partial charge in [-0.05, 0) is 67.6 Å². The zero-order valence-corrected chi connectivity index (χ0v) is 14.3. The van der Waals surface area contributed by atoms with E-state index in [0.29, 0.717) is 11.4 Å². The number of hydrogen-bond donors (Lipinski definition) is 1. The molecular formula is C19H22ClNO. The van der Waals surface area contributed by atoms with Crippen LogP contribution in [0.25, 0.3) is 0 Å². The Morgan fingerprint density at radius 1 is 1.09 bits per heavy atom. The molecule has 0 fully saturated rings. The lowest BCUT2D eigenvalue weighted by molar-refractivity contribution is -0.121. The third-order valence-electron chi connectivity index (χ3n) is 3.98. The van der Waals surface area contributed by atoms with Crippen LogP contribution in [0.5, 0.6) is 0 Å². The molecule has 1 atom stereocenters. The van der Waals surface area contributed by atoms with Gasteiger partial charge in [0.1, 0.15) is 0 Å². The number of nitrogens with one attached hydrogen (secondary N) is 1. The maximum Gasteiger partial charge on any atom is 0.224 e. The van der Waals surface area contributed by atoms with E-state index >= 15 is 0 Å². The van der Waals surface area contributed by atoms with Gasteiger partial charge in [0.2, 0.25) is 5.91 Å². The molecule has 2 nitrogen and oxygen atoms in total. The molecule has 0 radical (unpaired) electrons. The van der Waals surface area contributed by atoms with Crippen molar-refractivity contribution in [2.75, 3.05) is 0 Å². The third-order valence-corrected chi connectivity index (χ3v) is 4.22. The quantitative estimate of drug-likeness (QED) is 0.871. The summed E-state index contributed by atoms with van der Waals surface area (Å²) in [6, 6.07) is 11.7. The molecule has 0 aliphatic rings. The van der Waals surface area contributed by atoms with E-state index in [1.165, 1.54) is 22.3 Å². The van der Waals surface area contributed by atoms with E-state index in [0.717, 1.165) is 5.56 Å². The first-order valence-corrected chi connectivity index (χ1v) is 7.86. The molecule has 1 N–H and O–H groups in total. The second-order valence-electron chi connectivity index (χ2n) is 5.89. The highest BCUT2D eigenvalue weighted by Gasteiger charge is 2.13. The summed E-state index contributed by atoms with van der Waals surface area (Å²) in [5.41, 5.74) is 5.82. The Morgan fingerprint density at radius 2 is 1.77 bits per heavy atom. The van der Waals surface area contributed by atoms with Gasteiger partial charge in [-0.15, -0.1) is 0 Å². The lowest BCUT2D eigenvalue weighted by atomic mass is 9.96. The highest BCUT2D eigenvalue weighted by atomic mass is 35.5. The minimum absolute atomic E-state index is 0.00685. The summed E-state index contributed by atoms with van der Waals surface area (Å²) in [7, 11) is 0. The Kier molecular flexibility index (Phi) is 5.25. The Labute approximate surface area is 137 Å². The maximum atomic E-state index is 12.2. The van der Waals surface area contributed by atoms with E-state index in [9.17, 15) is 4.79 Å². The summed E-state index contributed by atoms with van der Waals surface area (Å²) in [5.74, 6) is 0.00685. The zero-order valence-electron chi connectivity index (χ0n) is 13.5. The normalized spacial score (nSPS) is 12.0. The third kappa shape index (κ3) is 4.11. The average molecular weight is 316 g/mol. The highest BCUT2D eigenvalue weighted by molar-refractivity contribution is 6.30. The number of benzene rings is 2. The Hall–Kier alpha value is -1.80. The van der Waals surface area contributed by atoms with Gasteiger partial charge in [0.05, 0.1) is 12.5 Å². The van der Waals surface area contributed by atoms with Gasteiger partial charge >= 0.3 is 0 Å². The van der Waals surface area contributed by atoms with Gasteiger partial charge < -0.3 is 5.32 Å². The first-order chi connectivity index (χ1) is 10.4. The van der Waals surface area contributed by atoms with Crippen molar-refractivity contribution >= 4 is 17.5 Å². The second kappa shape index (κ2) is 6.97. The van der Waals surface area contributed by atoms with Crippen LogP contribution in [0.4, 0.5) is 0 Å². The summed E-state index contributed by atoms with van der Waals surface area (Å²) in [6.45, 7) is 8.31. The van der Waals surface area contributed by atoms with Crippen LogP contribution < -0.4 is 5.32 Å². The number of aryl methyl sites for hydroxylation is 3. The highest BCUT2D eigenvalue weighted by Crippen LogP contribution is 2.21. The predicted octanol–water partition coefficient (Wildman–Crippen LogP) is 4.69. The van der Waals surface area contributed by atoms with Crippen molar-refractivity contribution in [3.63, 3.8) is 0 Å². The molecule has 0 bridgehead atoms. The lowest BCUT2D eigenvalue weighted by Crippen LogP contribution is -2.28. The monoisotopic (exact) mass is 315 g/mol. The minimum Gasteiger partial charge on any atom is -0.349 e. The van der Waals surface area contributed by atoms with Crippen LogP contribution in [0.1, 0.15) is 40.8 Å². The molecule has 0 saturated carbocycles. The molecule has 0 unspecified atom stereocenters. The minimum atomic E-state index is -0.00835. The van der Waals surface area contributed by atoms with E-state index in [2.05, 4.69) is 38.2 Å². The molecule has 3 heteroatoms. The van der Waals surface area contributed by atoms with Crippen LogP contribution in [-0.2, 0) is 11.2 Å². The fourth-order valence-corrected chi connectivity index (χ4v) is 2.86. The van der Waals surface area contributed by atoms with E-state index < -0.39 is 0 Å². The molecule has 0 aliphatic heterocycles. The summed E-state index contributed by atoms with van der Waals surface area (Å²) < 4.78 is 0. The van der Waals surface area contributed by atoms with Crippen molar-refractivity contribution < 1.29 is 4.79 Å². The van der Waals surface area contributed by atoms with Crippen molar-refractivity contribution in [2.24, 2.45) is 0 Å². The number of halogens is 1. The fraction of sp³-hybridized carbons (Fsp3) is 0.316. The Bertz CT molecular complexity index is 694. The van der Waals surface area contributed by atoms with Crippen LogP contribution in [0, 0.1) is 20.8 Å². The summed E-state index contributed by atoms with van der Waals surface area (Å²) in [5, 5.41) is 3.73. The van der Waals surface area contributed by atoms with Crippen molar-refractivity contribution in [3.8, 4) is 0 Å². The molecule has 0 saturated heterocycles. The smallest absolute Gasteiger partial charge is 0.224 e. The van der Waals surface area contributed by atoms with Crippen molar-refractivity contribution in [1.29, 1.82) is 0 Å². The molecule has 2 aromatic carbocycles. The van der Waals surface area contributed by atoms with Gasteiger partial charge in [0.25, 0.3) is 0 Å². The number of amides is 1. The zero-order chi connectivity index (χ0) is 16.3. The first-order valence-electron chi connectivity index (χ1n) is 7.48. The topological polar surface area (TPSA) is 29.1 Å². The van der Waals surface area contributed by atoms with Crippen LogP contribution in [0.3, 0.4) is 0 Å². The first kappa shape index (κ1) is 16.6. The summed E-state index contributed by atoms with van der Waals surface area (Å²) >= 11 is 5.95. The van der Waals surface area contributed by atoms with Gasteiger partial charge in [-0.2, -0.15) is 0 Å². The molecule has 0 aliphatic carbocycles. The Morgan fingerprint density at radius 3 is 2.45 bits per heavy atom. The van der Waals surface area contributed by atoms with E-state index in [1.807, 2.05) is 31.2 Å². The average Bonchev–Trinajstić information content (AvgIpc) is 2.42. The lowest BCUT2D eigenvalue weighted by Gasteiger charge is -2.18. The fourth-order valence-electron chi connectivity index (χ4n) is 2.65. The largest absolute Gasteiger partial charge is 0.349 e. The van der Waals surface area contributed by atoms with Crippen LogP contribution in [0.2, 0.25) is 5.02 Å². The molecule has 0 spiro atoms. The molecule has 2 rings (SSSR count). The van der Waals surface area contributed by atoms with Gasteiger partial charge in [0, 0.05) is 5.02 Å². The van der Waals surface area contributed by atoms with Gasteiger partial charge in [-0.3, -0.25) is 4.79 Å². The summed E-state index contributed by atoms with van der Waals surface area (Å²) in [4.78, 5) is 12.2. The number of hydrogen-bond acceptors (Lipinski definition) is 1. The van der Waals surface area contributed by atoms with Crippen LogP contribution in [-0.4, -0.2) is 5.91 Å². The van der Waals surface area contributed by atoms with E-state index in [1.54, 1.807) is 0 Å². The number of carbonyl (C=O) groups is 1. The Balaban J connectivity index is 2.07. The van der Waals surface area contributed by atoms with Crippen LogP contribution in [0.15, 0.2) is 36.4 Å². The molecule has 116 valence electrons. The predicted molar refractivity (Wildman–Crippen MR) is 92.4 cm³/mol. The van der Waals surface area contributed by atoms with E-state index in [4.69, 9.17) is 11.6 Å². The van der Waals surface area contributed by atoms with Crippen molar-refractivity contribution in [1.82, 2.24) is 5.32 Å². The second-order valence-corrected chi connectivity index (χ2v) is 6.33. The molecule has 0 heterocycles. The van der Waals surface area contributed by atoms with Crippen molar-refractivity contribution in [2.45, 2.75) is 40.2 Å². The number of carbonyl (C=O) groups excluding carboxylic acids is 1. The molecule has 1 amide bonds. The molecular weight excluding hydrogens is 294 g/mol. The van der Waals surface area contributed by atoms with Crippen molar-refractivity contribution in [3.05, 3.63) is 69.2 Å². The molecule has 2 aromatic rings. The standard InChI is InChI=1S/C19H22ClNO/c1-12-8-14(3)18(9-13(12)2)15(4)21-19(22)11-16-6-5-7-17(20)10-16/h5-10,15H,11H2,1-4H3,(H,21,22)/t15-/m0/s1. The number of rotatable bonds is 4. The van der Waals surface area contributed by atoms with Crippen LogP contribution >= 0.6 is 11.6 Å². The van der Waals surface area contributed by atoms with Gasteiger partial charge in [-0.25, -0.2) is 0 Å². The van der Waals surface area contributed by atoms with E-state index in [-0.39, 0.29) is 11.9 Å². The SMILES string of the molecule is Cc1cc(C)c([C@H](C)NC(=O)Cc2cccc(Cl)c2)cc1C. The maximum absolute atomic E-state index is 12.2.